The molecular formula is C22H26N2O3. The Labute approximate surface area is 160 Å². The molecule has 1 fully saturated rings. The lowest BCUT2D eigenvalue weighted by atomic mass is 10.1. The van der Waals surface area contributed by atoms with Crippen LogP contribution in [-0.2, 0) is 9.53 Å². The number of piperidine rings is 1. The van der Waals surface area contributed by atoms with Gasteiger partial charge in [-0.15, -0.1) is 0 Å². The molecule has 142 valence electrons. The van der Waals surface area contributed by atoms with E-state index >= 15 is 0 Å². The van der Waals surface area contributed by atoms with Crippen molar-refractivity contribution in [3.8, 4) is 0 Å². The van der Waals surface area contributed by atoms with Crippen molar-refractivity contribution in [3.63, 3.8) is 0 Å². The summed E-state index contributed by atoms with van der Waals surface area (Å²) in [5, 5.41) is 2.77. The van der Waals surface area contributed by atoms with Gasteiger partial charge in [0.25, 0.3) is 5.91 Å². The van der Waals surface area contributed by atoms with Crippen LogP contribution in [0.3, 0.4) is 0 Å². The molecule has 5 heteroatoms. The topological polar surface area (TPSA) is 58.6 Å². The summed E-state index contributed by atoms with van der Waals surface area (Å²) in [4.78, 5) is 26.6. The zero-order valence-electron chi connectivity index (χ0n) is 16.0. The second kappa shape index (κ2) is 8.71. The summed E-state index contributed by atoms with van der Waals surface area (Å²) in [7, 11) is 0. The maximum Gasteiger partial charge on any atom is 0.338 e. The first-order chi connectivity index (χ1) is 13.0. The Balaban J connectivity index is 1.50. The van der Waals surface area contributed by atoms with Crippen LogP contribution in [0.2, 0.25) is 0 Å². The van der Waals surface area contributed by atoms with Gasteiger partial charge in [-0.2, -0.15) is 0 Å². The smallest absolute Gasteiger partial charge is 0.338 e. The van der Waals surface area contributed by atoms with E-state index in [1.165, 1.54) is 24.9 Å². The van der Waals surface area contributed by atoms with Gasteiger partial charge in [0.1, 0.15) is 0 Å². The van der Waals surface area contributed by atoms with Gasteiger partial charge < -0.3 is 15.0 Å². The third-order valence-electron chi connectivity index (χ3n) is 4.81. The lowest BCUT2D eigenvalue weighted by Crippen LogP contribution is -2.29. The number of carbonyl (C=O) groups excluding carboxylic acids is 2. The van der Waals surface area contributed by atoms with Crippen LogP contribution in [0.5, 0.6) is 0 Å². The number of ether oxygens (including phenoxy) is 1. The van der Waals surface area contributed by atoms with E-state index in [-0.39, 0.29) is 12.5 Å². The summed E-state index contributed by atoms with van der Waals surface area (Å²) < 4.78 is 5.14. The molecule has 1 saturated heterocycles. The molecule has 0 aromatic heterocycles. The van der Waals surface area contributed by atoms with E-state index < -0.39 is 5.97 Å². The number of nitrogens with one attached hydrogen (secondary N) is 1. The number of hydrogen-bond donors (Lipinski definition) is 1. The molecule has 1 amide bonds. The highest BCUT2D eigenvalue weighted by molar-refractivity contribution is 5.96. The van der Waals surface area contributed by atoms with Crippen molar-refractivity contribution in [3.05, 3.63) is 59.2 Å². The minimum absolute atomic E-state index is 0.306. The first-order valence-electron chi connectivity index (χ1n) is 9.42. The molecule has 0 atom stereocenters. The van der Waals surface area contributed by atoms with Crippen molar-refractivity contribution in [2.45, 2.75) is 33.1 Å². The number of carbonyl (C=O) groups is 2. The van der Waals surface area contributed by atoms with Gasteiger partial charge in [-0.1, -0.05) is 17.7 Å². The zero-order chi connectivity index (χ0) is 19.2. The van der Waals surface area contributed by atoms with Gasteiger partial charge in [-0.05, 0) is 69.0 Å². The molecule has 1 N–H and O–H groups in total. The summed E-state index contributed by atoms with van der Waals surface area (Å²) >= 11 is 0. The summed E-state index contributed by atoms with van der Waals surface area (Å²) in [6.45, 7) is 5.68. The number of anilines is 2. The molecule has 0 saturated carbocycles. The van der Waals surface area contributed by atoms with Crippen molar-refractivity contribution < 1.29 is 14.3 Å². The van der Waals surface area contributed by atoms with Crippen LogP contribution in [0.15, 0.2) is 42.5 Å². The molecule has 1 aliphatic heterocycles. The molecule has 0 spiro atoms. The van der Waals surface area contributed by atoms with Crippen LogP contribution in [0.1, 0.15) is 40.7 Å². The highest BCUT2D eigenvalue weighted by Gasteiger charge is 2.14. The molecule has 1 aliphatic rings. The van der Waals surface area contributed by atoms with E-state index in [4.69, 9.17) is 4.74 Å². The fraction of sp³-hybridized carbons (Fsp3) is 0.364. The molecular weight excluding hydrogens is 340 g/mol. The quantitative estimate of drug-likeness (QED) is 0.810. The molecule has 0 aliphatic carbocycles. The predicted octanol–water partition coefficient (Wildman–Crippen LogP) is 4.09. The van der Waals surface area contributed by atoms with E-state index in [1.54, 1.807) is 6.07 Å². The number of hydrogen-bond acceptors (Lipinski definition) is 4. The minimum atomic E-state index is -0.483. The number of nitrogens with zero attached hydrogens (tertiary/aromatic N) is 1. The van der Waals surface area contributed by atoms with E-state index in [9.17, 15) is 9.59 Å². The summed E-state index contributed by atoms with van der Waals surface area (Å²) in [5.74, 6) is -0.832. The third-order valence-corrected chi connectivity index (χ3v) is 4.81. The van der Waals surface area contributed by atoms with E-state index in [0.29, 0.717) is 11.3 Å². The SMILES string of the molecule is Cc1ccc(C(=O)OCC(=O)Nc2ccc(N3CCCCC3)cc2)c(C)c1. The largest absolute Gasteiger partial charge is 0.452 e. The minimum Gasteiger partial charge on any atom is -0.452 e. The molecule has 27 heavy (non-hydrogen) atoms. The standard InChI is InChI=1S/C22H26N2O3/c1-16-6-11-20(17(2)14-16)22(26)27-15-21(25)23-18-7-9-19(10-8-18)24-12-4-3-5-13-24/h6-11,14H,3-5,12-13,15H2,1-2H3,(H,23,25). The molecule has 0 unspecified atom stereocenters. The van der Waals surface area contributed by atoms with Crippen molar-refractivity contribution in [2.75, 3.05) is 29.9 Å². The van der Waals surface area contributed by atoms with Crippen LogP contribution in [-0.4, -0.2) is 31.6 Å². The van der Waals surface area contributed by atoms with Gasteiger partial charge in [0.2, 0.25) is 0 Å². The Morgan fingerprint density at radius 3 is 2.37 bits per heavy atom. The van der Waals surface area contributed by atoms with Gasteiger partial charge in [0, 0.05) is 24.5 Å². The number of rotatable bonds is 5. The van der Waals surface area contributed by atoms with Gasteiger partial charge in [0.05, 0.1) is 5.56 Å². The van der Waals surface area contributed by atoms with Crippen molar-refractivity contribution in [2.24, 2.45) is 0 Å². The zero-order valence-corrected chi connectivity index (χ0v) is 16.0. The number of esters is 1. The lowest BCUT2D eigenvalue weighted by Gasteiger charge is -2.28. The average Bonchev–Trinajstić information content (AvgIpc) is 2.67. The molecule has 5 nitrogen and oxygen atoms in total. The maximum absolute atomic E-state index is 12.1. The number of benzene rings is 2. The highest BCUT2D eigenvalue weighted by Crippen LogP contribution is 2.21. The van der Waals surface area contributed by atoms with Crippen molar-refractivity contribution >= 4 is 23.3 Å². The number of aryl methyl sites for hydroxylation is 2. The Morgan fingerprint density at radius 2 is 1.70 bits per heavy atom. The second-order valence-corrected chi connectivity index (χ2v) is 7.04. The van der Waals surface area contributed by atoms with E-state index in [0.717, 1.165) is 24.2 Å². The molecule has 0 radical (unpaired) electrons. The van der Waals surface area contributed by atoms with Gasteiger partial charge in [-0.3, -0.25) is 4.79 Å². The summed E-state index contributed by atoms with van der Waals surface area (Å²) in [6.07, 6.45) is 3.75. The van der Waals surface area contributed by atoms with Crippen molar-refractivity contribution in [1.29, 1.82) is 0 Å². The van der Waals surface area contributed by atoms with Crippen LogP contribution in [0.25, 0.3) is 0 Å². The van der Waals surface area contributed by atoms with E-state index in [2.05, 4.69) is 10.2 Å². The van der Waals surface area contributed by atoms with E-state index in [1.807, 2.05) is 50.2 Å². The molecule has 3 rings (SSSR count). The van der Waals surface area contributed by atoms with Crippen LogP contribution in [0.4, 0.5) is 11.4 Å². The molecule has 2 aromatic carbocycles. The third kappa shape index (κ3) is 5.09. The highest BCUT2D eigenvalue weighted by atomic mass is 16.5. The lowest BCUT2D eigenvalue weighted by molar-refractivity contribution is -0.119. The summed E-state index contributed by atoms with van der Waals surface area (Å²) in [6, 6.07) is 13.3. The van der Waals surface area contributed by atoms with Gasteiger partial charge in [-0.25, -0.2) is 4.79 Å². The van der Waals surface area contributed by atoms with Crippen LogP contribution < -0.4 is 10.2 Å². The molecule has 1 heterocycles. The van der Waals surface area contributed by atoms with Gasteiger partial charge in [0.15, 0.2) is 6.61 Å². The van der Waals surface area contributed by atoms with Gasteiger partial charge >= 0.3 is 5.97 Å². The van der Waals surface area contributed by atoms with Crippen molar-refractivity contribution in [1.82, 2.24) is 0 Å². The van der Waals surface area contributed by atoms with Crippen LogP contribution >= 0.6 is 0 Å². The van der Waals surface area contributed by atoms with Crippen LogP contribution in [0, 0.1) is 13.8 Å². The fourth-order valence-corrected chi connectivity index (χ4v) is 3.36. The average molecular weight is 366 g/mol. The first kappa shape index (κ1) is 19.0. The Hall–Kier alpha value is -2.82. The normalized spacial score (nSPS) is 13.9. The predicted molar refractivity (Wildman–Crippen MR) is 107 cm³/mol. The second-order valence-electron chi connectivity index (χ2n) is 7.04. The fourth-order valence-electron chi connectivity index (χ4n) is 3.36. The molecule has 0 bridgehead atoms. The Morgan fingerprint density at radius 1 is 1.00 bits per heavy atom. The Bertz CT molecular complexity index is 809. The monoisotopic (exact) mass is 366 g/mol. The number of amides is 1. The first-order valence-corrected chi connectivity index (χ1v) is 9.42. The molecule has 2 aromatic rings. The maximum atomic E-state index is 12.1. The Kier molecular flexibility index (Phi) is 6.12. The summed E-state index contributed by atoms with van der Waals surface area (Å²) in [5.41, 5.74) is 4.28.